The summed E-state index contributed by atoms with van der Waals surface area (Å²) in [5.41, 5.74) is -1.07. The van der Waals surface area contributed by atoms with Gasteiger partial charge in [-0.3, -0.25) is 19.2 Å². The van der Waals surface area contributed by atoms with Crippen LogP contribution in [0.4, 0.5) is 5.69 Å². The highest BCUT2D eigenvalue weighted by molar-refractivity contribution is 9.10. The van der Waals surface area contributed by atoms with E-state index in [1.54, 1.807) is 36.4 Å². The first-order valence-electron chi connectivity index (χ1n) is 10.7. The Morgan fingerprint density at radius 2 is 1.46 bits per heavy atom. The number of benzene rings is 3. The van der Waals surface area contributed by atoms with Gasteiger partial charge in [0, 0.05) is 20.6 Å². The Labute approximate surface area is 217 Å². The summed E-state index contributed by atoms with van der Waals surface area (Å²) in [5.74, 6) is -4.97. The number of hydrogen-bond acceptors (Lipinski definition) is 5. The van der Waals surface area contributed by atoms with Crippen LogP contribution in [0.5, 0.6) is 0 Å². The van der Waals surface area contributed by atoms with E-state index in [-0.39, 0.29) is 21.8 Å². The molecule has 0 aromatic heterocycles. The fraction of sp³-hybridized carbons (Fsp3) is 0.154. The zero-order chi connectivity index (χ0) is 24.6. The number of ether oxygens (including phenoxy) is 1. The summed E-state index contributed by atoms with van der Waals surface area (Å²) in [6.07, 6.45) is -0.997. The third-order valence-electron chi connectivity index (χ3n) is 6.87. The monoisotopic (exact) mass is 569 g/mol. The number of halogens is 3. The van der Waals surface area contributed by atoms with Crippen LogP contribution in [0, 0.1) is 11.8 Å². The Kier molecular flexibility index (Phi) is 5.06. The van der Waals surface area contributed by atoms with Crippen molar-refractivity contribution in [2.45, 2.75) is 11.7 Å². The van der Waals surface area contributed by atoms with Crippen molar-refractivity contribution < 1.29 is 23.9 Å². The van der Waals surface area contributed by atoms with E-state index in [0.29, 0.717) is 10.6 Å². The summed E-state index contributed by atoms with van der Waals surface area (Å²) < 4.78 is 7.05. The zero-order valence-electron chi connectivity index (χ0n) is 17.7. The average molecular weight is 571 g/mol. The molecule has 9 heteroatoms. The molecule has 3 aliphatic rings. The third-order valence-corrected chi connectivity index (χ3v) is 7.93. The van der Waals surface area contributed by atoms with Crippen molar-refractivity contribution in [2.24, 2.45) is 11.8 Å². The summed E-state index contributed by atoms with van der Waals surface area (Å²) in [6, 6.07) is 17.8. The number of amides is 2. The number of carbonyl (C=O) groups excluding carboxylic acids is 4. The van der Waals surface area contributed by atoms with E-state index in [4.69, 9.17) is 27.9 Å². The minimum absolute atomic E-state index is 0.0988. The molecular weight excluding hydrogens is 557 g/mol. The topological polar surface area (TPSA) is 80.8 Å². The predicted octanol–water partition coefficient (Wildman–Crippen LogP) is 5.45. The number of imide groups is 1. The molecule has 1 spiro atoms. The van der Waals surface area contributed by atoms with Gasteiger partial charge in [-0.05, 0) is 35.9 Å². The normalized spacial score (nSPS) is 24.4. The molecule has 35 heavy (non-hydrogen) atoms. The summed E-state index contributed by atoms with van der Waals surface area (Å²) in [6.45, 7) is 0. The molecule has 2 heterocycles. The van der Waals surface area contributed by atoms with E-state index >= 15 is 0 Å². The maximum atomic E-state index is 13.9. The van der Waals surface area contributed by atoms with Gasteiger partial charge in [0.1, 0.15) is 0 Å². The summed E-state index contributed by atoms with van der Waals surface area (Å²) >= 11 is 15.7. The molecule has 3 atom stereocenters. The lowest BCUT2D eigenvalue weighted by Crippen LogP contribution is -2.51. The lowest BCUT2D eigenvalue weighted by molar-refractivity contribution is -0.127. The van der Waals surface area contributed by atoms with E-state index < -0.39 is 46.9 Å². The van der Waals surface area contributed by atoms with Gasteiger partial charge < -0.3 is 4.74 Å². The second kappa shape index (κ2) is 7.83. The Morgan fingerprint density at radius 1 is 0.829 bits per heavy atom. The van der Waals surface area contributed by atoms with Crippen molar-refractivity contribution in [1.82, 2.24) is 0 Å². The Hall–Kier alpha value is -2.84. The van der Waals surface area contributed by atoms with Gasteiger partial charge in [-0.1, -0.05) is 75.5 Å². The number of ketones is 2. The standard InChI is InChI=1S/C26H14BrCl2NO5/c27-13-7-5-12(6-8-13)21-19-20(25(34)30(24(19)33)18-10-9-14(28)11-17(18)29)26(35-21)22(31)15-3-1-2-4-16(15)23(26)32/h1-11,19-21H/t19-,20+,21+/m0/s1. The molecule has 1 aliphatic carbocycles. The van der Waals surface area contributed by atoms with Crippen LogP contribution in [0.2, 0.25) is 10.0 Å². The van der Waals surface area contributed by atoms with E-state index in [1.807, 2.05) is 0 Å². The van der Waals surface area contributed by atoms with E-state index in [1.165, 1.54) is 30.3 Å². The second-order valence-electron chi connectivity index (χ2n) is 8.64. The Balaban J connectivity index is 1.55. The molecule has 0 bridgehead atoms. The average Bonchev–Trinajstić information content (AvgIpc) is 3.40. The molecule has 2 fully saturated rings. The molecule has 0 radical (unpaired) electrons. The highest BCUT2D eigenvalue weighted by atomic mass is 79.9. The maximum absolute atomic E-state index is 13.9. The maximum Gasteiger partial charge on any atom is 0.241 e. The number of rotatable bonds is 2. The van der Waals surface area contributed by atoms with Gasteiger partial charge in [0.2, 0.25) is 29.0 Å². The first kappa shape index (κ1) is 22.6. The number of Topliss-reactive ketones (excluding diaryl/α,β-unsaturated/α-hetero) is 2. The van der Waals surface area contributed by atoms with Crippen molar-refractivity contribution in [3.05, 3.63) is 97.9 Å². The van der Waals surface area contributed by atoms with Crippen LogP contribution >= 0.6 is 39.1 Å². The Bertz CT molecular complexity index is 1440. The molecule has 3 aromatic rings. The first-order valence-corrected chi connectivity index (χ1v) is 12.3. The smallest absolute Gasteiger partial charge is 0.241 e. The van der Waals surface area contributed by atoms with E-state index in [0.717, 1.165) is 9.37 Å². The molecule has 0 saturated carbocycles. The molecular formula is C26H14BrCl2NO5. The Morgan fingerprint density at radius 3 is 2.06 bits per heavy atom. The second-order valence-corrected chi connectivity index (χ2v) is 10.4. The fourth-order valence-corrected chi connectivity index (χ4v) is 6.13. The molecule has 2 saturated heterocycles. The number of nitrogens with zero attached hydrogens (tertiary/aromatic N) is 1. The first-order chi connectivity index (χ1) is 16.8. The van der Waals surface area contributed by atoms with E-state index in [2.05, 4.69) is 15.9 Å². The molecule has 2 aliphatic heterocycles. The number of fused-ring (bicyclic) bond motifs is 3. The highest BCUT2D eigenvalue weighted by Crippen LogP contribution is 2.58. The van der Waals surface area contributed by atoms with Gasteiger partial charge in [0.25, 0.3) is 0 Å². The summed E-state index contributed by atoms with van der Waals surface area (Å²) in [7, 11) is 0. The predicted molar refractivity (Wildman–Crippen MR) is 132 cm³/mol. The zero-order valence-corrected chi connectivity index (χ0v) is 20.8. The largest absolute Gasteiger partial charge is 0.349 e. The van der Waals surface area contributed by atoms with Gasteiger partial charge >= 0.3 is 0 Å². The third kappa shape index (κ3) is 2.99. The van der Waals surface area contributed by atoms with Crippen LogP contribution < -0.4 is 4.90 Å². The van der Waals surface area contributed by atoms with Crippen molar-refractivity contribution >= 4 is 68.2 Å². The summed E-state index contributed by atoms with van der Waals surface area (Å²) in [4.78, 5) is 56.1. The lowest BCUT2D eigenvalue weighted by atomic mass is 9.77. The van der Waals surface area contributed by atoms with Gasteiger partial charge in [-0.2, -0.15) is 0 Å². The van der Waals surface area contributed by atoms with Crippen LogP contribution in [0.15, 0.2) is 71.2 Å². The molecule has 2 amide bonds. The summed E-state index contributed by atoms with van der Waals surface area (Å²) in [5, 5.41) is 0.434. The van der Waals surface area contributed by atoms with Crippen molar-refractivity contribution in [3.8, 4) is 0 Å². The quantitative estimate of drug-likeness (QED) is 0.302. The van der Waals surface area contributed by atoms with Crippen molar-refractivity contribution in [3.63, 3.8) is 0 Å². The van der Waals surface area contributed by atoms with Crippen LogP contribution in [-0.4, -0.2) is 29.0 Å². The minimum atomic E-state index is -2.13. The molecule has 6 nitrogen and oxygen atoms in total. The van der Waals surface area contributed by atoms with Crippen LogP contribution in [0.25, 0.3) is 0 Å². The van der Waals surface area contributed by atoms with Crippen LogP contribution in [-0.2, 0) is 14.3 Å². The SMILES string of the molecule is O=C1[C@@H]2[C@@H](c3ccc(Br)cc3)OC3(C(=O)c4ccccc4C3=O)[C@H]2C(=O)N1c1ccc(Cl)cc1Cl. The van der Waals surface area contributed by atoms with Gasteiger partial charge in [0.15, 0.2) is 0 Å². The van der Waals surface area contributed by atoms with Crippen molar-refractivity contribution in [2.75, 3.05) is 4.90 Å². The van der Waals surface area contributed by atoms with E-state index in [9.17, 15) is 19.2 Å². The lowest BCUT2D eigenvalue weighted by Gasteiger charge is -2.27. The molecule has 3 aromatic carbocycles. The molecule has 0 N–H and O–H groups in total. The fourth-order valence-electron chi connectivity index (χ4n) is 5.37. The number of carbonyl (C=O) groups is 4. The molecule has 6 rings (SSSR count). The highest BCUT2D eigenvalue weighted by Gasteiger charge is 2.74. The minimum Gasteiger partial charge on any atom is -0.349 e. The molecule has 174 valence electrons. The van der Waals surface area contributed by atoms with Gasteiger partial charge in [0.05, 0.1) is 28.6 Å². The van der Waals surface area contributed by atoms with Gasteiger partial charge in [-0.25, -0.2) is 4.90 Å². The number of hydrogen-bond donors (Lipinski definition) is 0. The van der Waals surface area contributed by atoms with Crippen molar-refractivity contribution in [1.29, 1.82) is 0 Å². The van der Waals surface area contributed by atoms with Crippen LogP contribution in [0.1, 0.15) is 32.4 Å². The number of anilines is 1. The molecule has 0 unspecified atom stereocenters. The van der Waals surface area contributed by atoms with Gasteiger partial charge in [-0.15, -0.1) is 0 Å². The van der Waals surface area contributed by atoms with Crippen LogP contribution in [0.3, 0.4) is 0 Å².